The van der Waals surface area contributed by atoms with Gasteiger partial charge in [-0.1, -0.05) is 13.8 Å². The number of hydrogen-bond donors (Lipinski definition) is 2. The lowest BCUT2D eigenvalue weighted by atomic mass is 10.2. The predicted octanol–water partition coefficient (Wildman–Crippen LogP) is -0.297. The summed E-state index contributed by atoms with van der Waals surface area (Å²) in [5.41, 5.74) is 9.30. The van der Waals surface area contributed by atoms with Crippen molar-refractivity contribution in [1.29, 1.82) is 0 Å². The van der Waals surface area contributed by atoms with Crippen LogP contribution in [-0.2, 0) is 4.79 Å². The van der Waals surface area contributed by atoms with Gasteiger partial charge < -0.3 is 11.5 Å². The second kappa shape index (κ2) is 6.43. The molecule has 0 rings (SSSR count). The van der Waals surface area contributed by atoms with Crippen molar-refractivity contribution in [2.75, 3.05) is 7.05 Å². The van der Waals surface area contributed by atoms with Gasteiger partial charge in [-0.05, 0) is 7.05 Å². The van der Waals surface area contributed by atoms with Crippen LogP contribution in [0.2, 0.25) is 0 Å². The van der Waals surface area contributed by atoms with Crippen molar-refractivity contribution in [3.05, 3.63) is 0 Å². The van der Waals surface area contributed by atoms with E-state index in [1.165, 1.54) is 7.05 Å². The number of carbonyl (C=O) groups is 1. The molecular formula is C5H14N2O. The zero-order valence-corrected chi connectivity index (χ0v) is 5.64. The maximum Gasteiger partial charge on any atom is 0.219 e. The highest BCUT2D eigenvalue weighted by molar-refractivity contribution is 5.75. The van der Waals surface area contributed by atoms with E-state index in [0.29, 0.717) is 0 Å². The minimum atomic E-state index is -0.241. The SMILES string of the molecule is CC(C)C(N)=O.CN. The van der Waals surface area contributed by atoms with Crippen molar-refractivity contribution < 1.29 is 4.79 Å². The molecule has 50 valence electrons. The smallest absolute Gasteiger partial charge is 0.219 e. The lowest BCUT2D eigenvalue weighted by Crippen LogP contribution is -2.17. The summed E-state index contributed by atoms with van der Waals surface area (Å²) < 4.78 is 0. The summed E-state index contributed by atoms with van der Waals surface area (Å²) in [4.78, 5) is 9.92. The van der Waals surface area contributed by atoms with Gasteiger partial charge in [-0.3, -0.25) is 4.79 Å². The first kappa shape index (κ1) is 10.4. The summed E-state index contributed by atoms with van der Waals surface area (Å²) in [7, 11) is 1.50. The van der Waals surface area contributed by atoms with Crippen LogP contribution in [0, 0.1) is 5.92 Å². The molecule has 1 amide bonds. The third-order valence-corrected chi connectivity index (χ3v) is 0.569. The van der Waals surface area contributed by atoms with Crippen LogP contribution in [-0.4, -0.2) is 13.0 Å². The van der Waals surface area contributed by atoms with Gasteiger partial charge in [0.05, 0.1) is 0 Å². The molecule has 0 radical (unpaired) electrons. The molecule has 4 N–H and O–H groups in total. The average molecular weight is 118 g/mol. The molecule has 0 aromatic carbocycles. The molecule has 3 nitrogen and oxygen atoms in total. The third-order valence-electron chi connectivity index (χ3n) is 0.569. The first-order valence-electron chi connectivity index (χ1n) is 2.51. The van der Waals surface area contributed by atoms with E-state index in [1.807, 2.05) is 0 Å². The van der Waals surface area contributed by atoms with Gasteiger partial charge in [0.25, 0.3) is 0 Å². The van der Waals surface area contributed by atoms with Crippen molar-refractivity contribution in [2.45, 2.75) is 13.8 Å². The van der Waals surface area contributed by atoms with Gasteiger partial charge in [0, 0.05) is 5.92 Å². The molecule has 0 saturated carbocycles. The fraction of sp³-hybridized carbons (Fsp3) is 0.800. The number of hydrogen-bond acceptors (Lipinski definition) is 2. The number of primary amides is 1. The van der Waals surface area contributed by atoms with E-state index in [4.69, 9.17) is 5.73 Å². The first-order valence-corrected chi connectivity index (χ1v) is 2.51. The van der Waals surface area contributed by atoms with E-state index in [9.17, 15) is 4.79 Å². The van der Waals surface area contributed by atoms with Gasteiger partial charge in [-0.15, -0.1) is 0 Å². The predicted molar refractivity (Wildman–Crippen MR) is 34.1 cm³/mol. The Labute approximate surface area is 50.0 Å². The molecular weight excluding hydrogens is 104 g/mol. The summed E-state index contributed by atoms with van der Waals surface area (Å²) in [5, 5.41) is 0. The quantitative estimate of drug-likeness (QED) is 0.496. The zero-order valence-electron chi connectivity index (χ0n) is 5.64. The molecule has 0 aliphatic rings. The van der Waals surface area contributed by atoms with E-state index >= 15 is 0 Å². The van der Waals surface area contributed by atoms with Gasteiger partial charge in [0.1, 0.15) is 0 Å². The van der Waals surface area contributed by atoms with Gasteiger partial charge in [0.2, 0.25) is 5.91 Å². The fourth-order valence-corrected chi connectivity index (χ4v) is 0. The van der Waals surface area contributed by atoms with Crippen LogP contribution in [0.1, 0.15) is 13.8 Å². The minimum absolute atomic E-state index is 0.00926. The van der Waals surface area contributed by atoms with Crippen LogP contribution in [0.25, 0.3) is 0 Å². The Balaban J connectivity index is 0. The largest absolute Gasteiger partial charge is 0.369 e. The molecule has 0 heterocycles. The Bertz CT molecular complexity index is 61.4. The standard InChI is InChI=1S/C4H9NO.CH5N/c1-3(2)4(5)6;1-2/h3H,1-2H3,(H2,5,6);2H2,1H3. The van der Waals surface area contributed by atoms with Gasteiger partial charge in [0.15, 0.2) is 0 Å². The molecule has 3 heteroatoms. The van der Waals surface area contributed by atoms with E-state index in [1.54, 1.807) is 13.8 Å². The van der Waals surface area contributed by atoms with Crippen molar-refractivity contribution in [2.24, 2.45) is 17.4 Å². The molecule has 0 bridgehead atoms. The lowest BCUT2D eigenvalue weighted by molar-refractivity contribution is -0.120. The number of nitrogens with two attached hydrogens (primary N) is 2. The molecule has 0 aromatic rings. The van der Waals surface area contributed by atoms with E-state index < -0.39 is 0 Å². The van der Waals surface area contributed by atoms with Crippen molar-refractivity contribution in [3.8, 4) is 0 Å². The van der Waals surface area contributed by atoms with Crippen molar-refractivity contribution >= 4 is 5.91 Å². The number of carbonyl (C=O) groups excluding carboxylic acids is 1. The van der Waals surface area contributed by atoms with Crippen LogP contribution in [0.4, 0.5) is 0 Å². The summed E-state index contributed by atoms with van der Waals surface area (Å²) in [5.74, 6) is -0.250. The Hall–Kier alpha value is -0.570. The van der Waals surface area contributed by atoms with Gasteiger partial charge >= 0.3 is 0 Å². The van der Waals surface area contributed by atoms with Gasteiger partial charge in [-0.25, -0.2) is 0 Å². The Morgan fingerprint density at radius 3 is 1.50 bits per heavy atom. The molecule has 0 aliphatic carbocycles. The maximum absolute atomic E-state index is 9.92. The van der Waals surface area contributed by atoms with Crippen LogP contribution < -0.4 is 11.5 Å². The number of amides is 1. The number of rotatable bonds is 1. The lowest BCUT2D eigenvalue weighted by Gasteiger charge is -1.90. The van der Waals surface area contributed by atoms with Crippen molar-refractivity contribution in [3.63, 3.8) is 0 Å². The summed E-state index contributed by atoms with van der Waals surface area (Å²) in [6, 6.07) is 0. The normalized spacial score (nSPS) is 7.62. The van der Waals surface area contributed by atoms with Crippen LogP contribution in [0.5, 0.6) is 0 Å². The van der Waals surface area contributed by atoms with Crippen LogP contribution in [0.3, 0.4) is 0 Å². The summed E-state index contributed by atoms with van der Waals surface area (Å²) in [6.07, 6.45) is 0. The highest BCUT2D eigenvalue weighted by Crippen LogP contribution is 1.84. The monoisotopic (exact) mass is 118 g/mol. The molecule has 8 heavy (non-hydrogen) atoms. The first-order chi connectivity index (χ1) is 3.64. The van der Waals surface area contributed by atoms with E-state index in [-0.39, 0.29) is 11.8 Å². The van der Waals surface area contributed by atoms with Crippen molar-refractivity contribution in [1.82, 2.24) is 0 Å². The van der Waals surface area contributed by atoms with Gasteiger partial charge in [-0.2, -0.15) is 0 Å². The Kier molecular flexibility index (Phi) is 8.37. The molecule has 0 unspecified atom stereocenters. The second-order valence-electron chi connectivity index (χ2n) is 1.56. The molecule has 0 aromatic heterocycles. The van der Waals surface area contributed by atoms with E-state index in [2.05, 4.69) is 5.73 Å². The van der Waals surface area contributed by atoms with Crippen LogP contribution >= 0.6 is 0 Å². The second-order valence-corrected chi connectivity index (χ2v) is 1.56. The molecule has 0 spiro atoms. The molecule has 0 fully saturated rings. The third kappa shape index (κ3) is 9.06. The topological polar surface area (TPSA) is 69.1 Å². The summed E-state index contributed by atoms with van der Waals surface area (Å²) in [6.45, 7) is 3.53. The van der Waals surface area contributed by atoms with E-state index in [0.717, 1.165) is 0 Å². The fourth-order valence-electron chi connectivity index (χ4n) is 0. The zero-order chi connectivity index (χ0) is 7.15. The minimum Gasteiger partial charge on any atom is -0.369 e. The molecule has 0 aliphatic heterocycles. The average Bonchev–Trinajstić information content (AvgIpc) is 1.72. The summed E-state index contributed by atoms with van der Waals surface area (Å²) >= 11 is 0. The Morgan fingerprint density at radius 1 is 1.38 bits per heavy atom. The molecule has 0 atom stereocenters. The Morgan fingerprint density at radius 2 is 1.50 bits per heavy atom. The maximum atomic E-state index is 9.92. The highest BCUT2D eigenvalue weighted by Gasteiger charge is 1.96. The highest BCUT2D eigenvalue weighted by atomic mass is 16.1. The molecule has 0 saturated heterocycles. The van der Waals surface area contributed by atoms with Crippen LogP contribution in [0.15, 0.2) is 0 Å².